The van der Waals surface area contributed by atoms with Crippen molar-refractivity contribution in [3.05, 3.63) is 5.92 Å². The number of rotatable bonds is 0. The zero-order valence-corrected chi connectivity index (χ0v) is 7.28. The van der Waals surface area contributed by atoms with E-state index in [-0.39, 0.29) is 0 Å². The van der Waals surface area contributed by atoms with Gasteiger partial charge in [0, 0.05) is 0 Å². The minimum Gasteiger partial charge on any atom is -0.0594 e. The molecule has 2 aliphatic carbocycles. The lowest BCUT2D eigenvalue weighted by Crippen LogP contribution is -2.01. The highest BCUT2D eigenvalue weighted by atomic mass is 14.6. The van der Waals surface area contributed by atoms with Crippen molar-refractivity contribution >= 4 is 0 Å². The summed E-state index contributed by atoms with van der Waals surface area (Å²) in [6.07, 6.45) is 4.31. The van der Waals surface area contributed by atoms with Crippen molar-refractivity contribution in [1.29, 1.82) is 0 Å². The third-order valence-electron chi connectivity index (χ3n) is 3.74. The Balaban J connectivity index is 2.04. The molecule has 0 aromatic rings. The van der Waals surface area contributed by atoms with Crippen LogP contribution < -0.4 is 0 Å². The van der Waals surface area contributed by atoms with E-state index in [1.807, 2.05) is 0 Å². The van der Waals surface area contributed by atoms with Crippen molar-refractivity contribution < 1.29 is 0 Å². The molecule has 10 heavy (non-hydrogen) atoms. The maximum atomic E-state index is 2.43. The second kappa shape index (κ2) is 1.78. The first-order valence-electron chi connectivity index (χ1n) is 4.43. The topological polar surface area (TPSA) is 0 Å². The molecule has 0 heteroatoms. The number of fused-ring (bicyclic) bond motifs is 1. The third kappa shape index (κ3) is 0.741. The van der Waals surface area contributed by atoms with Gasteiger partial charge in [-0.2, -0.15) is 0 Å². The van der Waals surface area contributed by atoms with Crippen LogP contribution in [-0.4, -0.2) is 0 Å². The molecule has 0 bridgehead atoms. The lowest BCUT2D eigenvalue weighted by Gasteiger charge is -2.14. The summed E-state index contributed by atoms with van der Waals surface area (Å²) in [5, 5.41) is 0. The Kier molecular flexibility index (Phi) is 1.19. The normalized spacial score (nSPS) is 44.7. The lowest BCUT2D eigenvalue weighted by molar-refractivity contribution is 0.512. The molecule has 0 spiro atoms. The second-order valence-electron chi connectivity index (χ2n) is 4.73. The van der Waals surface area contributed by atoms with E-state index in [9.17, 15) is 0 Å². The highest BCUT2D eigenvalue weighted by Crippen LogP contribution is 2.65. The fourth-order valence-corrected chi connectivity index (χ4v) is 2.72. The van der Waals surface area contributed by atoms with E-state index in [1.165, 1.54) is 19.3 Å². The molecule has 0 aromatic heterocycles. The average molecular weight is 137 g/mol. The van der Waals surface area contributed by atoms with E-state index in [1.54, 1.807) is 5.92 Å². The summed E-state index contributed by atoms with van der Waals surface area (Å²) in [5.41, 5.74) is 0.706. The van der Waals surface area contributed by atoms with Crippen LogP contribution in [0.15, 0.2) is 0 Å². The molecule has 0 nitrogen and oxygen atoms in total. The van der Waals surface area contributed by atoms with E-state index < -0.39 is 0 Å². The Morgan fingerprint density at radius 2 is 2.00 bits per heavy atom. The lowest BCUT2D eigenvalue weighted by atomic mass is 9.91. The first-order valence-corrected chi connectivity index (χ1v) is 4.43. The Labute approximate surface area is 64.0 Å². The summed E-state index contributed by atoms with van der Waals surface area (Å²) in [4.78, 5) is 0. The minimum atomic E-state index is 0.706. The van der Waals surface area contributed by atoms with Crippen molar-refractivity contribution in [3.8, 4) is 0 Å². The third-order valence-corrected chi connectivity index (χ3v) is 3.74. The molecule has 1 radical (unpaired) electrons. The molecule has 0 saturated heterocycles. The van der Waals surface area contributed by atoms with Gasteiger partial charge in [-0.05, 0) is 42.4 Å². The highest BCUT2D eigenvalue weighted by molar-refractivity contribution is 5.12. The largest absolute Gasteiger partial charge is 0.0594 e. The van der Waals surface area contributed by atoms with E-state index >= 15 is 0 Å². The van der Waals surface area contributed by atoms with Gasteiger partial charge in [0.25, 0.3) is 0 Å². The van der Waals surface area contributed by atoms with Crippen molar-refractivity contribution in [2.45, 2.75) is 40.0 Å². The van der Waals surface area contributed by atoms with E-state index in [0.717, 1.165) is 11.8 Å². The van der Waals surface area contributed by atoms with Crippen molar-refractivity contribution in [2.24, 2.45) is 17.3 Å². The van der Waals surface area contributed by atoms with Crippen LogP contribution in [0.25, 0.3) is 0 Å². The van der Waals surface area contributed by atoms with Crippen LogP contribution >= 0.6 is 0 Å². The quantitative estimate of drug-likeness (QED) is 0.481. The minimum absolute atomic E-state index is 0.706. The van der Waals surface area contributed by atoms with Gasteiger partial charge in [-0.15, -0.1) is 0 Å². The molecule has 2 atom stereocenters. The van der Waals surface area contributed by atoms with Crippen LogP contribution in [0, 0.1) is 23.2 Å². The molecule has 0 heterocycles. The first-order chi connectivity index (χ1) is 4.62. The summed E-state index contributed by atoms with van der Waals surface area (Å²) < 4.78 is 0. The summed E-state index contributed by atoms with van der Waals surface area (Å²) in [7, 11) is 0. The van der Waals surface area contributed by atoms with E-state index in [2.05, 4.69) is 20.8 Å². The molecule has 0 aromatic carbocycles. The molecule has 0 N–H and O–H groups in total. The van der Waals surface area contributed by atoms with E-state index in [0.29, 0.717) is 5.41 Å². The SMILES string of the molecule is C[C]1CCC2C(C1)C2(C)C. The molecular weight excluding hydrogens is 120 g/mol. The fourth-order valence-electron chi connectivity index (χ4n) is 2.72. The zero-order chi connectivity index (χ0) is 7.35. The summed E-state index contributed by atoms with van der Waals surface area (Å²) in [6, 6.07) is 0. The number of hydrogen-bond acceptors (Lipinski definition) is 0. The standard InChI is InChI=1S/C10H17/c1-7-4-5-8-9(6-7)10(8,2)3/h8-9H,4-6H2,1-3H3. The van der Waals surface area contributed by atoms with Gasteiger partial charge in [-0.25, -0.2) is 0 Å². The molecule has 2 saturated carbocycles. The summed E-state index contributed by atoms with van der Waals surface area (Å²) in [5.74, 6) is 3.88. The molecule has 2 fully saturated rings. The van der Waals surface area contributed by atoms with Crippen LogP contribution in [0.2, 0.25) is 0 Å². The van der Waals surface area contributed by atoms with Crippen LogP contribution in [0.1, 0.15) is 40.0 Å². The van der Waals surface area contributed by atoms with Gasteiger partial charge in [0.05, 0.1) is 0 Å². The van der Waals surface area contributed by atoms with Crippen LogP contribution in [0.3, 0.4) is 0 Å². The second-order valence-corrected chi connectivity index (χ2v) is 4.73. The van der Waals surface area contributed by atoms with Gasteiger partial charge >= 0.3 is 0 Å². The van der Waals surface area contributed by atoms with Crippen LogP contribution in [0.5, 0.6) is 0 Å². The molecule has 57 valence electrons. The summed E-state index contributed by atoms with van der Waals surface area (Å²) >= 11 is 0. The van der Waals surface area contributed by atoms with Gasteiger partial charge in [0.15, 0.2) is 0 Å². The number of hydrogen-bond donors (Lipinski definition) is 0. The Morgan fingerprint density at radius 3 is 2.50 bits per heavy atom. The van der Waals surface area contributed by atoms with Gasteiger partial charge in [0.1, 0.15) is 0 Å². The molecular formula is C10H17. The van der Waals surface area contributed by atoms with Gasteiger partial charge < -0.3 is 0 Å². The van der Waals surface area contributed by atoms with Gasteiger partial charge in [-0.3, -0.25) is 0 Å². The first kappa shape index (κ1) is 6.69. The average Bonchev–Trinajstić information content (AvgIpc) is 2.36. The zero-order valence-electron chi connectivity index (χ0n) is 7.28. The molecule has 0 aliphatic heterocycles. The monoisotopic (exact) mass is 137 g/mol. The van der Waals surface area contributed by atoms with Crippen LogP contribution in [0.4, 0.5) is 0 Å². The maximum absolute atomic E-state index is 2.43. The Morgan fingerprint density at radius 1 is 1.30 bits per heavy atom. The summed E-state index contributed by atoms with van der Waals surface area (Å²) in [6.45, 7) is 7.19. The smallest absolute Gasteiger partial charge is 0.0269 e. The van der Waals surface area contributed by atoms with Crippen molar-refractivity contribution in [1.82, 2.24) is 0 Å². The fraction of sp³-hybridized carbons (Fsp3) is 0.900. The van der Waals surface area contributed by atoms with Crippen molar-refractivity contribution in [3.63, 3.8) is 0 Å². The van der Waals surface area contributed by atoms with Crippen LogP contribution in [-0.2, 0) is 0 Å². The van der Waals surface area contributed by atoms with Crippen molar-refractivity contribution in [2.75, 3.05) is 0 Å². The Bertz CT molecular complexity index is 146. The van der Waals surface area contributed by atoms with Gasteiger partial charge in [0.2, 0.25) is 0 Å². The predicted octanol–water partition coefficient (Wildman–Crippen LogP) is 3.04. The molecule has 2 rings (SSSR count). The molecule has 2 unspecified atom stereocenters. The predicted molar refractivity (Wildman–Crippen MR) is 43.5 cm³/mol. The van der Waals surface area contributed by atoms with E-state index in [4.69, 9.17) is 0 Å². The van der Waals surface area contributed by atoms with Gasteiger partial charge in [-0.1, -0.05) is 20.8 Å². The maximum Gasteiger partial charge on any atom is -0.0269 e. The Hall–Kier alpha value is 0. The highest BCUT2D eigenvalue weighted by Gasteiger charge is 2.58. The molecule has 2 aliphatic rings. The molecule has 0 amide bonds.